The highest BCUT2D eigenvalue weighted by molar-refractivity contribution is 6.03. The lowest BCUT2D eigenvalue weighted by molar-refractivity contribution is 0.361. The first-order valence-electron chi connectivity index (χ1n) is 9.75. The van der Waals surface area contributed by atoms with E-state index in [-0.39, 0.29) is 11.6 Å². The molecule has 1 saturated heterocycles. The van der Waals surface area contributed by atoms with Crippen LogP contribution in [0.3, 0.4) is 0 Å². The largest absolute Gasteiger partial charge is 0.384 e. The van der Waals surface area contributed by atoms with Crippen LogP contribution in [0.5, 0.6) is 0 Å². The zero-order valence-electron chi connectivity index (χ0n) is 16.2. The SMILES string of the molecule is N#CCN1CCC(n2c(=O)cnc3cnc4ccc(-c5ccc(N)nc5)cc4c32)C1. The number of rotatable bonds is 3. The van der Waals surface area contributed by atoms with Crippen molar-refractivity contribution >= 4 is 27.8 Å². The Morgan fingerprint density at radius 2 is 1.90 bits per heavy atom. The molecule has 2 N–H and O–H groups in total. The summed E-state index contributed by atoms with van der Waals surface area (Å²) in [6, 6.07) is 11.8. The number of benzene rings is 1. The summed E-state index contributed by atoms with van der Waals surface area (Å²) in [4.78, 5) is 28.0. The van der Waals surface area contributed by atoms with Gasteiger partial charge in [-0.2, -0.15) is 5.26 Å². The summed E-state index contributed by atoms with van der Waals surface area (Å²) < 4.78 is 1.83. The molecule has 5 rings (SSSR count). The van der Waals surface area contributed by atoms with Gasteiger partial charge in [-0.15, -0.1) is 0 Å². The Bertz CT molecular complexity index is 1350. The molecule has 1 aliphatic heterocycles. The van der Waals surface area contributed by atoms with Gasteiger partial charge >= 0.3 is 0 Å². The van der Waals surface area contributed by atoms with Gasteiger partial charge in [0.2, 0.25) is 0 Å². The van der Waals surface area contributed by atoms with Crippen molar-refractivity contribution in [3.05, 3.63) is 59.3 Å². The third-order valence-corrected chi connectivity index (χ3v) is 5.64. The van der Waals surface area contributed by atoms with Crippen LogP contribution in [0.2, 0.25) is 0 Å². The lowest BCUT2D eigenvalue weighted by atomic mass is 10.0. The van der Waals surface area contributed by atoms with Gasteiger partial charge in [-0.3, -0.25) is 14.7 Å². The van der Waals surface area contributed by atoms with Gasteiger partial charge in [0.1, 0.15) is 11.3 Å². The molecule has 148 valence electrons. The summed E-state index contributed by atoms with van der Waals surface area (Å²) in [5.74, 6) is 0.466. The molecule has 1 unspecified atom stereocenters. The van der Waals surface area contributed by atoms with Gasteiger partial charge < -0.3 is 10.3 Å². The van der Waals surface area contributed by atoms with E-state index in [0.29, 0.717) is 24.4 Å². The van der Waals surface area contributed by atoms with Gasteiger partial charge in [0.15, 0.2) is 0 Å². The lowest BCUT2D eigenvalue weighted by Crippen LogP contribution is -2.28. The van der Waals surface area contributed by atoms with Gasteiger partial charge in [0.25, 0.3) is 5.56 Å². The van der Waals surface area contributed by atoms with E-state index in [0.717, 1.165) is 40.5 Å². The van der Waals surface area contributed by atoms with Gasteiger partial charge in [-0.1, -0.05) is 6.07 Å². The lowest BCUT2D eigenvalue weighted by Gasteiger charge is -2.18. The van der Waals surface area contributed by atoms with Crippen LogP contribution in [0.1, 0.15) is 12.5 Å². The summed E-state index contributed by atoms with van der Waals surface area (Å²) in [6.45, 7) is 1.82. The Morgan fingerprint density at radius 1 is 1.07 bits per heavy atom. The van der Waals surface area contributed by atoms with E-state index in [9.17, 15) is 4.79 Å². The highest BCUT2D eigenvalue weighted by Crippen LogP contribution is 2.30. The summed E-state index contributed by atoms with van der Waals surface area (Å²) >= 11 is 0. The quantitative estimate of drug-likeness (QED) is 0.417. The predicted octanol–water partition coefficient (Wildman–Crippen LogP) is 2.36. The number of hydrogen-bond donors (Lipinski definition) is 1. The van der Waals surface area contributed by atoms with Gasteiger partial charge in [-0.05, 0) is 36.2 Å². The fourth-order valence-electron chi connectivity index (χ4n) is 4.20. The average molecular weight is 397 g/mol. The third-order valence-electron chi connectivity index (χ3n) is 5.64. The van der Waals surface area contributed by atoms with Crippen LogP contribution in [0.15, 0.2) is 53.7 Å². The van der Waals surface area contributed by atoms with Crippen LogP contribution in [-0.2, 0) is 0 Å². The van der Waals surface area contributed by atoms with E-state index in [1.165, 1.54) is 6.20 Å². The first kappa shape index (κ1) is 18.2. The van der Waals surface area contributed by atoms with E-state index in [1.54, 1.807) is 18.5 Å². The Kier molecular flexibility index (Phi) is 4.38. The summed E-state index contributed by atoms with van der Waals surface area (Å²) in [6.07, 6.45) is 5.61. The number of hydrogen-bond acceptors (Lipinski definition) is 7. The Hall–Kier alpha value is -3.83. The smallest absolute Gasteiger partial charge is 0.269 e. The molecule has 0 spiro atoms. The summed E-state index contributed by atoms with van der Waals surface area (Å²) in [5, 5.41) is 9.88. The second-order valence-electron chi connectivity index (χ2n) is 7.50. The molecule has 3 aromatic heterocycles. The van der Waals surface area contributed by atoms with Crippen molar-refractivity contribution in [1.29, 1.82) is 5.26 Å². The minimum atomic E-state index is -0.140. The normalized spacial score (nSPS) is 16.8. The van der Waals surface area contributed by atoms with Gasteiger partial charge in [0.05, 0.1) is 42.1 Å². The van der Waals surface area contributed by atoms with E-state index in [4.69, 9.17) is 11.0 Å². The summed E-state index contributed by atoms with van der Waals surface area (Å²) in [7, 11) is 0. The fourth-order valence-corrected chi connectivity index (χ4v) is 4.20. The number of nitrogens with zero attached hydrogens (tertiary/aromatic N) is 6. The highest BCUT2D eigenvalue weighted by atomic mass is 16.1. The number of nitriles is 1. The molecule has 8 nitrogen and oxygen atoms in total. The van der Waals surface area contributed by atoms with Crippen LogP contribution in [0.4, 0.5) is 5.82 Å². The molecule has 30 heavy (non-hydrogen) atoms. The Labute approximate surface area is 172 Å². The molecule has 1 aliphatic rings. The van der Waals surface area contributed by atoms with E-state index >= 15 is 0 Å². The maximum absolute atomic E-state index is 12.9. The first-order valence-corrected chi connectivity index (χ1v) is 9.75. The van der Waals surface area contributed by atoms with Crippen molar-refractivity contribution in [2.75, 3.05) is 25.4 Å². The number of fused-ring (bicyclic) bond motifs is 3. The standard InChI is InChI=1S/C22H19N7O/c23-6-8-28-7-5-16(13-28)29-21(30)12-26-19-11-25-18-3-1-14(9-17(18)22(19)29)15-2-4-20(24)27-10-15/h1-4,9-12,16H,5,7-8,13H2,(H2,24,27). The molecule has 0 aliphatic carbocycles. The molecule has 1 atom stereocenters. The van der Waals surface area contributed by atoms with Crippen LogP contribution in [0, 0.1) is 11.3 Å². The average Bonchev–Trinajstić information content (AvgIpc) is 3.22. The van der Waals surface area contributed by atoms with Crippen molar-refractivity contribution < 1.29 is 0 Å². The second kappa shape index (κ2) is 7.21. The molecule has 0 radical (unpaired) electrons. The minimum Gasteiger partial charge on any atom is -0.384 e. The second-order valence-corrected chi connectivity index (χ2v) is 7.50. The Balaban J connectivity index is 1.73. The van der Waals surface area contributed by atoms with E-state index in [1.807, 2.05) is 28.8 Å². The molecule has 0 amide bonds. The number of anilines is 1. The molecule has 1 aromatic carbocycles. The number of nitrogens with two attached hydrogens (primary N) is 1. The van der Waals surface area contributed by atoms with E-state index in [2.05, 4.69) is 25.9 Å². The van der Waals surface area contributed by atoms with Crippen molar-refractivity contribution in [2.24, 2.45) is 0 Å². The van der Waals surface area contributed by atoms with Crippen molar-refractivity contribution in [1.82, 2.24) is 24.4 Å². The minimum absolute atomic E-state index is 0.0104. The Morgan fingerprint density at radius 3 is 2.70 bits per heavy atom. The zero-order chi connectivity index (χ0) is 20.7. The molecule has 1 fully saturated rings. The predicted molar refractivity (Wildman–Crippen MR) is 115 cm³/mol. The van der Waals surface area contributed by atoms with E-state index < -0.39 is 0 Å². The number of aromatic nitrogens is 4. The molecule has 4 heterocycles. The number of likely N-dealkylation sites (tertiary alicyclic amines) is 1. The molecular weight excluding hydrogens is 378 g/mol. The molecule has 8 heteroatoms. The number of nitrogen functional groups attached to an aromatic ring is 1. The third kappa shape index (κ3) is 3.06. The zero-order valence-corrected chi connectivity index (χ0v) is 16.2. The van der Waals surface area contributed by atoms with Crippen LogP contribution >= 0.6 is 0 Å². The molecule has 4 aromatic rings. The van der Waals surface area contributed by atoms with Crippen molar-refractivity contribution in [3.8, 4) is 17.2 Å². The first-order chi connectivity index (χ1) is 14.6. The van der Waals surface area contributed by atoms with Gasteiger partial charge in [-0.25, -0.2) is 9.97 Å². The van der Waals surface area contributed by atoms with Gasteiger partial charge in [0, 0.05) is 30.2 Å². The molecule has 0 saturated carbocycles. The highest BCUT2D eigenvalue weighted by Gasteiger charge is 2.26. The topological polar surface area (TPSA) is 114 Å². The van der Waals surface area contributed by atoms with Crippen LogP contribution in [0.25, 0.3) is 33.1 Å². The van der Waals surface area contributed by atoms with Crippen molar-refractivity contribution in [3.63, 3.8) is 0 Å². The molecule has 0 bridgehead atoms. The maximum atomic E-state index is 12.9. The van der Waals surface area contributed by atoms with Crippen molar-refractivity contribution in [2.45, 2.75) is 12.5 Å². The summed E-state index contributed by atoms with van der Waals surface area (Å²) in [5.41, 5.74) is 9.72. The van der Waals surface area contributed by atoms with Crippen LogP contribution in [-0.4, -0.2) is 44.1 Å². The number of pyridine rings is 2. The monoisotopic (exact) mass is 397 g/mol. The molecular formula is C22H19N7O. The fraction of sp³-hybridized carbons (Fsp3) is 0.227. The maximum Gasteiger partial charge on any atom is 0.269 e. The van der Waals surface area contributed by atoms with Crippen LogP contribution < -0.4 is 11.3 Å².